The van der Waals surface area contributed by atoms with Crippen molar-refractivity contribution in [1.29, 1.82) is 0 Å². The van der Waals surface area contributed by atoms with E-state index in [2.05, 4.69) is 0 Å². The van der Waals surface area contributed by atoms with Crippen LogP contribution in [0.15, 0.2) is 0 Å². The normalized spacial score (nSPS) is 36.1. The molecule has 0 spiro atoms. The number of hydrogen-bond acceptors (Lipinski definition) is 3. The van der Waals surface area contributed by atoms with Crippen LogP contribution in [-0.4, -0.2) is 35.4 Å². The Morgan fingerprint density at radius 3 is 2.31 bits per heavy atom. The van der Waals surface area contributed by atoms with Gasteiger partial charge in [-0.15, -0.1) is 0 Å². The monoisotopic (exact) mass is 232 g/mol. The highest BCUT2D eigenvalue weighted by Gasteiger charge is 2.49. The van der Waals surface area contributed by atoms with Gasteiger partial charge in [-0.1, -0.05) is 20.8 Å². The Morgan fingerprint density at radius 2 is 2.00 bits per heavy atom. The van der Waals surface area contributed by atoms with Crippen molar-refractivity contribution >= 4 is 5.78 Å². The quantitative estimate of drug-likeness (QED) is 0.790. The van der Waals surface area contributed by atoms with Crippen LogP contribution in [0.5, 0.6) is 0 Å². The summed E-state index contributed by atoms with van der Waals surface area (Å²) in [4.78, 5) is 12.2. The van der Waals surface area contributed by atoms with Crippen LogP contribution in [0, 0.1) is 5.41 Å². The molecule has 1 saturated heterocycles. The van der Waals surface area contributed by atoms with E-state index in [4.69, 9.17) is 4.74 Å². The van der Waals surface area contributed by atoms with Crippen molar-refractivity contribution in [2.24, 2.45) is 5.41 Å². The van der Waals surface area contributed by atoms with Gasteiger partial charge >= 0.3 is 0 Å². The van der Waals surface area contributed by atoms with Gasteiger partial charge in [0, 0.05) is 5.41 Å². The predicted molar refractivity (Wildman–Crippen MR) is 59.0 cm³/mol. The summed E-state index contributed by atoms with van der Waals surface area (Å²) < 4.78 is 18.9. The van der Waals surface area contributed by atoms with Crippen LogP contribution < -0.4 is 0 Å². The predicted octanol–water partition coefficient (Wildman–Crippen LogP) is 1.87. The molecule has 0 aromatic rings. The molecule has 1 heterocycles. The largest absolute Gasteiger partial charge is 0.393 e. The average molecular weight is 232 g/mol. The number of ketones is 1. The van der Waals surface area contributed by atoms with Crippen LogP contribution >= 0.6 is 0 Å². The maximum absolute atomic E-state index is 13.6. The number of halogens is 1. The van der Waals surface area contributed by atoms with Gasteiger partial charge in [0.25, 0.3) is 0 Å². The fourth-order valence-corrected chi connectivity index (χ4v) is 1.95. The molecule has 0 radical (unpaired) electrons. The van der Waals surface area contributed by atoms with Crippen molar-refractivity contribution in [3.63, 3.8) is 0 Å². The first-order valence-corrected chi connectivity index (χ1v) is 5.62. The molecule has 2 unspecified atom stereocenters. The van der Waals surface area contributed by atoms with Crippen molar-refractivity contribution in [2.75, 3.05) is 13.2 Å². The fraction of sp³-hybridized carbons (Fsp3) is 0.917. The Morgan fingerprint density at radius 1 is 1.44 bits per heavy atom. The Labute approximate surface area is 96.0 Å². The minimum atomic E-state index is -1.39. The number of carbonyl (C=O) groups is 1. The van der Waals surface area contributed by atoms with E-state index in [0.717, 1.165) is 0 Å². The lowest BCUT2D eigenvalue weighted by molar-refractivity contribution is -0.181. The number of aliphatic hydroxyl groups excluding tert-OH is 1. The van der Waals surface area contributed by atoms with Gasteiger partial charge in [0.2, 0.25) is 0 Å². The fourth-order valence-electron chi connectivity index (χ4n) is 1.95. The van der Waals surface area contributed by atoms with Crippen molar-refractivity contribution in [1.82, 2.24) is 0 Å². The zero-order chi connectivity index (χ0) is 12.6. The highest BCUT2D eigenvalue weighted by Crippen LogP contribution is 2.37. The minimum Gasteiger partial charge on any atom is -0.393 e. The summed E-state index contributed by atoms with van der Waals surface area (Å²) in [7, 11) is 0. The Hall–Kier alpha value is -0.480. The summed E-state index contributed by atoms with van der Waals surface area (Å²) >= 11 is 0. The van der Waals surface area contributed by atoms with Gasteiger partial charge < -0.3 is 9.84 Å². The zero-order valence-corrected chi connectivity index (χ0v) is 10.5. The lowest BCUT2D eigenvalue weighted by Gasteiger charge is -2.42. The highest BCUT2D eigenvalue weighted by atomic mass is 19.1. The second-order valence-corrected chi connectivity index (χ2v) is 5.93. The average Bonchev–Trinajstić information content (AvgIpc) is 2.17. The van der Waals surface area contributed by atoms with Gasteiger partial charge in [-0.25, -0.2) is 4.39 Å². The summed E-state index contributed by atoms with van der Waals surface area (Å²) in [6.07, 6.45) is 0.488. The first kappa shape index (κ1) is 13.6. The molecule has 4 heteroatoms. The Bertz CT molecular complexity index is 268. The van der Waals surface area contributed by atoms with E-state index in [0.29, 0.717) is 0 Å². The van der Waals surface area contributed by atoms with Crippen LogP contribution in [0.25, 0.3) is 0 Å². The molecule has 0 aliphatic carbocycles. The molecule has 16 heavy (non-hydrogen) atoms. The van der Waals surface area contributed by atoms with Gasteiger partial charge in [-0.3, -0.25) is 4.79 Å². The van der Waals surface area contributed by atoms with Crippen LogP contribution in [0.1, 0.15) is 40.5 Å². The Balaban J connectivity index is 2.86. The summed E-state index contributed by atoms with van der Waals surface area (Å²) in [5.74, 6) is -0.155. The van der Waals surface area contributed by atoms with E-state index in [1.54, 1.807) is 20.8 Å². The lowest BCUT2D eigenvalue weighted by Crippen LogP contribution is -2.56. The van der Waals surface area contributed by atoms with Crippen LogP contribution in [0.4, 0.5) is 4.39 Å². The number of aliphatic hydroxyl groups is 1. The molecule has 1 aliphatic rings. The molecule has 0 bridgehead atoms. The van der Waals surface area contributed by atoms with Crippen molar-refractivity contribution in [2.45, 2.75) is 51.8 Å². The second kappa shape index (κ2) is 4.08. The molecule has 0 saturated carbocycles. The third-order valence-electron chi connectivity index (χ3n) is 3.05. The molecule has 94 valence electrons. The minimum absolute atomic E-state index is 0.130. The van der Waals surface area contributed by atoms with Crippen LogP contribution in [-0.2, 0) is 9.53 Å². The van der Waals surface area contributed by atoms with Gasteiger partial charge in [0.05, 0.1) is 13.2 Å². The first-order valence-electron chi connectivity index (χ1n) is 5.62. The molecule has 0 amide bonds. The molecule has 3 nitrogen and oxygen atoms in total. The van der Waals surface area contributed by atoms with Crippen molar-refractivity contribution in [3.8, 4) is 0 Å². The van der Waals surface area contributed by atoms with E-state index in [1.807, 2.05) is 0 Å². The molecule has 1 aliphatic heterocycles. The van der Waals surface area contributed by atoms with Gasteiger partial charge in [0.1, 0.15) is 11.3 Å². The molecule has 0 aromatic heterocycles. The van der Waals surface area contributed by atoms with E-state index in [9.17, 15) is 14.3 Å². The van der Waals surface area contributed by atoms with Gasteiger partial charge in [-0.05, 0) is 19.8 Å². The number of carbonyl (C=O) groups excluding carboxylic acids is 1. The van der Waals surface area contributed by atoms with Gasteiger partial charge in [0.15, 0.2) is 5.78 Å². The standard InChI is InChI=1S/C12H21FO3/c1-10(2,3)9(15)12(7-14)6-5-11(4,13)8-16-12/h14H,5-8H2,1-4H3. The lowest BCUT2D eigenvalue weighted by atomic mass is 9.75. The summed E-state index contributed by atoms with van der Waals surface area (Å²) in [5, 5.41) is 9.38. The van der Waals surface area contributed by atoms with Crippen molar-refractivity contribution < 1.29 is 19.0 Å². The summed E-state index contributed by atoms with van der Waals surface area (Å²) in [6.45, 7) is 6.28. The second-order valence-electron chi connectivity index (χ2n) is 5.93. The first-order chi connectivity index (χ1) is 7.13. The van der Waals surface area contributed by atoms with E-state index in [1.165, 1.54) is 6.92 Å². The topological polar surface area (TPSA) is 46.5 Å². The molecule has 1 fully saturated rings. The third-order valence-corrected chi connectivity index (χ3v) is 3.05. The number of ether oxygens (including phenoxy) is 1. The van der Waals surface area contributed by atoms with Crippen molar-refractivity contribution in [3.05, 3.63) is 0 Å². The molecule has 0 aromatic carbocycles. The van der Waals surface area contributed by atoms with E-state index in [-0.39, 0.29) is 31.8 Å². The Kier molecular flexibility index (Phi) is 3.46. The van der Waals surface area contributed by atoms with E-state index < -0.39 is 16.7 Å². The molecule has 1 rings (SSSR count). The van der Waals surface area contributed by atoms with E-state index >= 15 is 0 Å². The number of hydrogen-bond donors (Lipinski definition) is 1. The molecule has 1 N–H and O–H groups in total. The smallest absolute Gasteiger partial charge is 0.172 e. The zero-order valence-electron chi connectivity index (χ0n) is 10.5. The van der Waals surface area contributed by atoms with Crippen LogP contribution in [0.2, 0.25) is 0 Å². The third kappa shape index (κ3) is 2.61. The number of alkyl halides is 1. The molecule has 2 atom stereocenters. The summed E-state index contributed by atoms with van der Waals surface area (Å²) in [5.41, 5.74) is -3.19. The number of Topliss-reactive ketones (excluding diaryl/α,β-unsaturated/α-hetero) is 1. The van der Waals surface area contributed by atoms with Gasteiger partial charge in [-0.2, -0.15) is 0 Å². The number of rotatable bonds is 2. The summed E-state index contributed by atoms with van der Waals surface area (Å²) in [6, 6.07) is 0. The highest BCUT2D eigenvalue weighted by molar-refractivity contribution is 5.92. The molecular weight excluding hydrogens is 211 g/mol. The van der Waals surface area contributed by atoms with Crippen LogP contribution in [0.3, 0.4) is 0 Å². The SMILES string of the molecule is CC1(F)CCC(CO)(C(=O)C(C)(C)C)OC1. The maximum Gasteiger partial charge on any atom is 0.172 e. The maximum atomic E-state index is 13.6. The molecular formula is C12H21FO3.